The summed E-state index contributed by atoms with van der Waals surface area (Å²) in [5.74, 6) is -2.58. The van der Waals surface area contributed by atoms with Crippen molar-refractivity contribution >= 4 is 21.8 Å². The summed E-state index contributed by atoms with van der Waals surface area (Å²) >= 11 is 2.92. The first kappa shape index (κ1) is 12.6. The molecule has 1 amide bonds. The maximum Gasteiger partial charge on any atom is 0.257 e. The molecule has 2 aromatic rings. The van der Waals surface area contributed by atoms with E-state index in [9.17, 15) is 13.6 Å². The highest BCUT2D eigenvalue weighted by Gasteiger charge is 2.18. The van der Waals surface area contributed by atoms with E-state index in [-0.39, 0.29) is 16.8 Å². The lowest BCUT2D eigenvalue weighted by Crippen LogP contribution is -2.25. The van der Waals surface area contributed by atoms with Crippen LogP contribution in [0.5, 0.6) is 0 Å². The van der Waals surface area contributed by atoms with Gasteiger partial charge in [-0.2, -0.15) is 5.21 Å². The molecule has 0 fully saturated rings. The molecule has 0 spiro atoms. The summed E-state index contributed by atoms with van der Waals surface area (Å²) in [5.41, 5.74) is -0.651. The standard InChI is InChI=1S/C9H6BrF2N5O/c10-4-1-5(11)8(6(12)2-4)9(18)13-3-7-14-16-17-15-7/h1-2H,3H2,(H,13,18)(H,14,15,16,17). The maximum absolute atomic E-state index is 13.4. The topological polar surface area (TPSA) is 83.6 Å². The zero-order valence-corrected chi connectivity index (χ0v) is 10.3. The number of benzene rings is 1. The highest BCUT2D eigenvalue weighted by Crippen LogP contribution is 2.19. The number of carbonyl (C=O) groups is 1. The highest BCUT2D eigenvalue weighted by molar-refractivity contribution is 9.10. The van der Waals surface area contributed by atoms with Crippen LogP contribution in [0.3, 0.4) is 0 Å². The molecule has 94 valence electrons. The van der Waals surface area contributed by atoms with Crippen LogP contribution in [0.2, 0.25) is 0 Å². The monoisotopic (exact) mass is 317 g/mol. The fourth-order valence-electron chi connectivity index (χ4n) is 1.26. The van der Waals surface area contributed by atoms with Crippen LogP contribution in [-0.2, 0) is 6.54 Å². The fourth-order valence-corrected chi connectivity index (χ4v) is 1.67. The molecule has 1 aromatic heterocycles. The number of rotatable bonds is 3. The van der Waals surface area contributed by atoms with Gasteiger partial charge in [-0.25, -0.2) is 8.78 Å². The molecule has 18 heavy (non-hydrogen) atoms. The number of amides is 1. The summed E-state index contributed by atoms with van der Waals surface area (Å²) in [6.07, 6.45) is 0. The first-order chi connectivity index (χ1) is 8.58. The van der Waals surface area contributed by atoms with E-state index in [2.05, 4.69) is 41.9 Å². The minimum atomic E-state index is -0.951. The van der Waals surface area contributed by atoms with Crippen molar-refractivity contribution in [2.24, 2.45) is 0 Å². The van der Waals surface area contributed by atoms with E-state index >= 15 is 0 Å². The Morgan fingerprint density at radius 1 is 1.39 bits per heavy atom. The van der Waals surface area contributed by atoms with Crippen molar-refractivity contribution in [1.82, 2.24) is 25.9 Å². The van der Waals surface area contributed by atoms with Crippen molar-refractivity contribution in [3.8, 4) is 0 Å². The average molecular weight is 318 g/mol. The predicted octanol–water partition coefficient (Wildman–Crippen LogP) is 1.17. The summed E-state index contributed by atoms with van der Waals surface area (Å²) in [5, 5.41) is 14.9. The second kappa shape index (κ2) is 5.17. The lowest BCUT2D eigenvalue weighted by atomic mass is 10.2. The average Bonchev–Trinajstić information content (AvgIpc) is 2.77. The zero-order chi connectivity index (χ0) is 13.1. The molecule has 0 saturated heterocycles. The van der Waals surface area contributed by atoms with Crippen LogP contribution in [0, 0.1) is 11.6 Å². The molecule has 0 aliphatic heterocycles. The summed E-state index contributed by atoms with van der Waals surface area (Å²) in [6.45, 7) is -0.0791. The Morgan fingerprint density at radius 2 is 2.06 bits per heavy atom. The van der Waals surface area contributed by atoms with E-state index in [1.165, 1.54) is 0 Å². The number of halogens is 3. The van der Waals surface area contributed by atoms with E-state index in [1.807, 2.05) is 0 Å². The Bertz CT molecular complexity index is 551. The number of hydrogen-bond acceptors (Lipinski definition) is 4. The minimum absolute atomic E-state index is 0.0791. The van der Waals surface area contributed by atoms with Gasteiger partial charge in [-0.05, 0) is 12.1 Å². The number of aromatic amines is 1. The van der Waals surface area contributed by atoms with Crippen molar-refractivity contribution in [2.75, 3.05) is 0 Å². The van der Waals surface area contributed by atoms with Gasteiger partial charge in [-0.1, -0.05) is 21.1 Å². The Kier molecular flexibility index (Phi) is 3.60. The Morgan fingerprint density at radius 3 is 2.61 bits per heavy atom. The molecule has 1 aromatic carbocycles. The van der Waals surface area contributed by atoms with Gasteiger partial charge in [0, 0.05) is 4.47 Å². The molecule has 9 heteroatoms. The van der Waals surface area contributed by atoms with Crippen molar-refractivity contribution in [1.29, 1.82) is 0 Å². The number of aromatic nitrogens is 4. The summed E-state index contributed by atoms with van der Waals surface area (Å²) in [7, 11) is 0. The molecule has 6 nitrogen and oxygen atoms in total. The van der Waals surface area contributed by atoms with Crippen molar-refractivity contribution < 1.29 is 13.6 Å². The molecule has 0 aliphatic carbocycles. The van der Waals surface area contributed by atoms with E-state index < -0.39 is 23.1 Å². The van der Waals surface area contributed by atoms with Crippen LogP contribution < -0.4 is 5.32 Å². The maximum atomic E-state index is 13.4. The number of H-pyrrole nitrogens is 1. The largest absolute Gasteiger partial charge is 0.344 e. The molecular weight excluding hydrogens is 312 g/mol. The van der Waals surface area contributed by atoms with E-state index in [0.717, 1.165) is 12.1 Å². The van der Waals surface area contributed by atoms with Gasteiger partial charge in [0.2, 0.25) is 0 Å². The van der Waals surface area contributed by atoms with E-state index in [4.69, 9.17) is 0 Å². The molecule has 2 rings (SSSR count). The summed E-state index contributed by atoms with van der Waals surface area (Å²) in [6, 6.07) is 2.01. The lowest BCUT2D eigenvalue weighted by molar-refractivity contribution is 0.0941. The normalized spacial score (nSPS) is 10.4. The Balaban J connectivity index is 2.14. The van der Waals surface area contributed by atoms with Gasteiger partial charge in [0.25, 0.3) is 5.91 Å². The van der Waals surface area contributed by atoms with Gasteiger partial charge in [0.15, 0.2) is 5.82 Å². The molecule has 0 saturated carbocycles. The van der Waals surface area contributed by atoms with Crippen LogP contribution in [0.25, 0.3) is 0 Å². The van der Waals surface area contributed by atoms with Crippen LogP contribution in [0.15, 0.2) is 16.6 Å². The number of carbonyl (C=O) groups excluding carboxylic acids is 1. The summed E-state index contributed by atoms with van der Waals surface area (Å²) in [4.78, 5) is 11.6. The minimum Gasteiger partial charge on any atom is -0.344 e. The van der Waals surface area contributed by atoms with Crippen molar-refractivity contribution in [3.63, 3.8) is 0 Å². The zero-order valence-electron chi connectivity index (χ0n) is 8.75. The van der Waals surface area contributed by atoms with Crippen molar-refractivity contribution in [2.45, 2.75) is 6.54 Å². The second-order valence-electron chi connectivity index (χ2n) is 3.26. The van der Waals surface area contributed by atoms with Gasteiger partial charge in [0.05, 0.1) is 6.54 Å². The SMILES string of the molecule is O=C(NCc1nn[nH]n1)c1c(F)cc(Br)cc1F. The van der Waals surface area contributed by atoms with Crippen LogP contribution in [-0.4, -0.2) is 26.5 Å². The molecule has 0 bridgehead atoms. The first-order valence-corrected chi connectivity index (χ1v) is 5.52. The molecule has 0 atom stereocenters. The smallest absolute Gasteiger partial charge is 0.257 e. The Labute approximate surface area is 108 Å². The van der Waals surface area contributed by atoms with Gasteiger partial charge < -0.3 is 5.32 Å². The number of tetrazole rings is 1. The third-order valence-electron chi connectivity index (χ3n) is 2.03. The molecular formula is C9H6BrF2N5O. The number of nitrogens with zero attached hydrogens (tertiary/aromatic N) is 3. The third kappa shape index (κ3) is 2.67. The van der Waals surface area contributed by atoms with E-state index in [0.29, 0.717) is 0 Å². The first-order valence-electron chi connectivity index (χ1n) is 4.73. The molecule has 0 unspecified atom stereocenters. The molecule has 1 heterocycles. The van der Waals surface area contributed by atoms with E-state index in [1.54, 1.807) is 0 Å². The van der Waals surface area contributed by atoms with Crippen LogP contribution in [0.4, 0.5) is 8.78 Å². The Hall–Kier alpha value is -1.90. The second-order valence-corrected chi connectivity index (χ2v) is 4.17. The van der Waals surface area contributed by atoms with Crippen LogP contribution >= 0.6 is 15.9 Å². The lowest BCUT2D eigenvalue weighted by Gasteiger charge is -2.05. The van der Waals surface area contributed by atoms with Gasteiger partial charge in [-0.15, -0.1) is 10.2 Å². The molecule has 0 radical (unpaired) electrons. The molecule has 0 aliphatic rings. The van der Waals surface area contributed by atoms with Crippen molar-refractivity contribution in [3.05, 3.63) is 39.6 Å². The quantitative estimate of drug-likeness (QED) is 0.890. The number of hydrogen-bond donors (Lipinski definition) is 2. The third-order valence-corrected chi connectivity index (χ3v) is 2.49. The molecule has 2 N–H and O–H groups in total. The van der Waals surface area contributed by atoms with Gasteiger partial charge in [-0.3, -0.25) is 4.79 Å². The predicted molar refractivity (Wildman–Crippen MR) is 59.4 cm³/mol. The van der Waals surface area contributed by atoms with Crippen LogP contribution in [0.1, 0.15) is 16.2 Å². The summed E-state index contributed by atoms with van der Waals surface area (Å²) < 4.78 is 27.1. The van der Waals surface area contributed by atoms with Gasteiger partial charge >= 0.3 is 0 Å². The fraction of sp³-hybridized carbons (Fsp3) is 0.111. The number of nitrogens with one attached hydrogen (secondary N) is 2. The van der Waals surface area contributed by atoms with Gasteiger partial charge in [0.1, 0.15) is 17.2 Å². The highest BCUT2D eigenvalue weighted by atomic mass is 79.9.